The zero-order chi connectivity index (χ0) is 15.4. The number of carbonyl (C=O) groups is 1. The first-order valence-electron chi connectivity index (χ1n) is 6.15. The predicted octanol–water partition coefficient (Wildman–Crippen LogP) is 1.25. The minimum Gasteiger partial charge on any atom is -0.388 e. The van der Waals surface area contributed by atoms with Gasteiger partial charge in [-0.3, -0.25) is 20.0 Å². The first-order chi connectivity index (χ1) is 10.0. The Bertz CT molecular complexity index is 655. The summed E-state index contributed by atoms with van der Waals surface area (Å²) in [7, 11) is 1.67. The third-order valence-electron chi connectivity index (χ3n) is 2.92. The van der Waals surface area contributed by atoms with E-state index in [1.807, 2.05) is 0 Å². The molecule has 1 amide bonds. The highest BCUT2D eigenvalue weighted by Gasteiger charge is 2.22. The molecule has 0 radical (unpaired) electrons. The van der Waals surface area contributed by atoms with E-state index < -0.39 is 16.9 Å². The molecule has 2 aromatic rings. The molecule has 0 aliphatic heterocycles. The monoisotopic (exact) mass is 290 g/mol. The topological polar surface area (TPSA) is 126 Å². The number of nitrogens with one attached hydrogen (secondary N) is 3. The number of H-pyrrole nitrogens is 1. The molecule has 1 unspecified atom stereocenters. The summed E-state index contributed by atoms with van der Waals surface area (Å²) in [6.07, 6.45) is 1.32. The van der Waals surface area contributed by atoms with E-state index in [1.165, 1.54) is 24.5 Å². The Morgan fingerprint density at radius 1 is 1.48 bits per heavy atom. The van der Waals surface area contributed by atoms with Crippen LogP contribution < -0.4 is 10.6 Å². The number of hydrogen-bond donors (Lipinski definition) is 3. The number of hydrogen-bond acceptors (Lipinski definition) is 6. The number of aromatic amines is 1. The highest BCUT2D eigenvalue weighted by atomic mass is 16.6. The SMILES string of the molecule is CNc1ccc([N+](=O)[O-])c(C(=O)NC(C)c2ncn[nH]2)c1. The van der Waals surface area contributed by atoms with Crippen molar-refractivity contribution < 1.29 is 9.72 Å². The van der Waals surface area contributed by atoms with Crippen molar-refractivity contribution in [2.75, 3.05) is 12.4 Å². The number of aromatic nitrogens is 3. The quantitative estimate of drug-likeness (QED) is 0.562. The van der Waals surface area contributed by atoms with Gasteiger partial charge in [0.15, 0.2) is 0 Å². The Hall–Kier alpha value is -2.97. The smallest absolute Gasteiger partial charge is 0.282 e. The van der Waals surface area contributed by atoms with Crippen molar-refractivity contribution in [2.24, 2.45) is 0 Å². The molecule has 9 heteroatoms. The zero-order valence-corrected chi connectivity index (χ0v) is 11.5. The predicted molar refractivity (Wildman–Crippen MR) is 74.9 cm³/mol. The molecule has 21 heavy (non-hydrogen) atoms. The van der Waals surface area contributed by atoms with Crippen LogP contribution in [0.1, 0.15) is 29.1 Å². The van der Waals surface area contributed by atoms with Gasteiger partial charge in [-0.2, -0.15) is 5.10 Å². The Morgan fingerprint density at radius 3 is 2.81 bits per heavy atom. The highest BCUT2D eigenvalue weighted by Crippen LogP contribution is 2.23. The molecule has 0 saturated carbocycles. The Labute approximate surface area is 119 Å². The van der Waals surface area contributed by atoms with E-state index in [1.54, 1.807) is 14.0 Å². The van der Waals surface area contributed by atoms with E-state index in [-0.39, 0.29) is 11.3 Å². The lowest BCUT2D eigenvalue weighted by molar-refractivity contribution is -0.385. The number of anilines is 1. The number of nitro groups is 1. The largest absolute Gasteiger partial charge is 0.388 e. The summed E-state index contributed by atoms with van der Waals surface area (Å²) >= 11 is 0. The number of amides is 1. The molecule has 0 fully saturated rings. The maximum Gasteiger partial charge on any atom is 0.282 e. The van der Waals surface area contributed by atoms with Gasteiger partial charge in [0.25, 0.3) is 11.6 Å². The summed E-state index contributed by atoms with van der Waals surface area (Å²) in [5, 5.41) is 22.8. The fourth-order valence-corrected chi connectivity index (χ4v) is 1.80. The Morgan fingerprint density at radius 2 is 2.24 bits per heavy atom. The van der Waals surface area contributed by atoms with Gasteiger partial charge in [0.2, 0.25) is 0 Å². The van der Waals surface area contributed by atoms with E-state index in [2.05, 4.69) is 25.8 Å². The maximum atomic E-state index is 12.2. The fraction of sp³-hybridized carbons (Fsp3) is 0.250. The Kier molecular flexibility index (Phi) is 4.12. The molecule has 0 spiro atoms. The molecule has 110 valence electrons. The Balaban J connectivity index is 2.27. The van der Waals surface area contributed by atoms with E-state index in [4.69, 9.17) is 0 Å². The van der Waals surface area contributed by atoms with E-state index >= 15 is 0 Å². The van der Waals surface area contributed by atoms with Crippen LogP contribution in [0.15, 0.2) is 24.5 Å². The van der Waals surface area contributed by atoms with Gasteiger partial charge in [-0.05, 0) is 19.1 Å². The van der Waals surface area contributed by atoms with Gasteiger partial charge in [0.1, 0.15) is 17.7 Å². The van der Waals surface area contributed by atoms with Crippen LogP contribution in [0.4, 0.5) is 11.4 Å². The van der Waals surface area contributed by atoms with Gasteiger partial charge in [-0.1, -0.05) is 0 Å². The third-order valence-corrected chi connectivity index (χ3v) is 2.92. The van der Waals surface area contributed by atoms with Crippen molar-refractivity contribution in [3.05, 3.63) is 46.0 Å². The molecule has 3 N–H and O–H groups in total. The zero-order valence-electron chi connectivity index (χ0n) is 11.5. The normalized spacial score (nSPS) is 11.7. The standard InChI is InChI=1S/C12H14N6O3/c1-7(11-14-6-15-17-11)16-12(19)9-5-8(13-2)3-4-10(9)18(20)21/h3-7,13H,1-2H3,(H,16,19)(H,14,15,17). The van der Waals surface area contributed by atoms with Gasteiger partial charge in [0, 0.05) is 18.8 Å². The summed E-state index contributed by atoms with van der Waals surface area (Å²) in [5.41, 5.74) is 0.340. The average Bonchev–Trinajstić information content (AvgIpc) is 3.00. The summed E-state index contributed by atoms with van der Waals surface area (Å²) in [4.78, 5) is 26.6. The van der Waals surface area contributed by atoms with Crippen LogP contribution in [0.25, 0.3) is 0 Å². The second kappa shape index (κ2) is 5.99. The summed E-state index contributed by atoms with van der Waals surface area (Å²) < 4.78 is 0. The maximum absolute atomic E-state index is 12.2. The molecule has 1 atom stereocenters. The molecular weight excluding hydrogens is 276 g/mol. The molecule has 9 nitrogen and oxygen atoms in total. The van der Waals surface area contributed by atoms with Crippen molar-refractivity contribution in [1.82, 2.24) is 20.5 Å². The minimum absolute atomic E-state index is 0.0155. The van der Waals surface area contributed by atoms with E-state index in [9.17, 15) is 14.9 Å². The molecule has 1 aromatic carbocycles. The van der Waals surface area contributed by atoms with Crippen molar-refractivity contribution in [2.45, 2.75) is 13.0 Å². The van der Waals surface area contributed by atoms with Crippen LogP contribution in [0.5, 0.6) is 0 Å². The molecule has 0 aliphatic carbocycles. The number of benzene rings is 1. The fourth-order valence-electron chi connectivity index (χ4n) is 1.80. The molecule has 0 bridgehead atoms. The molecule has 0 saturated heterocycles. The lowest BCUT2D eigenvalue weighted by Gasteiger charge is -2.12. The van der Waals surface area contributed by atoms with E-state index in [0.29, 0.717) is 11.5 Å². The van der Waals surface area contributed by atoms with Crippen LogP contribution in [0.3, 0.4) is 0 Å². The van der Waals surface area contributed by atoms with Crippen LogP contribution in [-0.2, 0) is 0 Å². The second-order valence-corrected chi connectivity index (χ2v) is 4.30. The van der Waals surface area contributed by atoms with Crippen LogP contribution in [-0.4, -0.2) is 33.1 Å². The lowest BCUT2D eigenvalue weighted by Crippen LogP contribution is -2.28. The van der Waals surface area contributed by atoms with Gasteiger partial charge in [-0.15, -0.1) is 0 Å². The van der Waals surface area contributed by atoms with Gasteiger partial charge in [0.05, 0.1) is 11.0 Å². The average molecular weight is 290 g/mol. The number of carbonyl (C=O) groups excluding carboxylic acids is 1. The van der Waals surface area contributed by atoms with Gasteiger partial charge < -0.3 is 10.6 Å². The number of nitro benzene ring substituents is 1. The third kappa shape index (κ3) is 3.14. The first kappa shape index (κ1) is 14.4. The van der Waals surface area contributed by atoms with Crippen molar-refractivity contribution >= 4 is 17.3 Å². The lowest BCUT2D eigenvalue weighted by atomic mass is 10.1. The van der Waals surface area contributed by atoms with Crippen molar-refractivity contribution in [3.8, 4) is 0 Å². The number of nitrogens with zero attached hydrogens (tertiary/aromatic N) is 3. The van der Waals surface area contributed by atoms with Gasteiger partial charge >= 0.3 is 0 Å². The summed E-state index contributed by atoms with van der Waals surface area (Å²) in [5.74, 6) is -0.0847. The first-order valence-corrected chi connectivity index (χ1v) is 6.15. The molecule has 2 rings (SSSR count). The molecule has 0 aliphatic rings. The van der Waals surface area contributed by atoms with Crippen LogP contribution in [0, 0.1) is 10.1 Å². The van der Waals surface area contributed by atoms with Crippen LogP contribution >= 0.6 is 0 Å². The molecule has 1 heterocycles. The van der Waals surface area contributed by atoms with Crippen LogP contribution in [0.2, 0.25) is 0 Å². The highest BCUT2D eigenvalue weighted by molar-refractivity contribution is 5.99. The number of rotatable bonds is 5. The minimum atomic E-state index is -0.590. The second-order valence-electron chi connectivity index (χ2n) is 4.30. The summed E-state index contributed by atoms with van der Waals surface area (Å²) in [6.45, 7) is 1.70. The summed E-state index contributed by atoms with van der Waals surface area (Å²) in [6, 6.07) is 3.81. The van der Waals surface area contributed by atoms with E-state index in [0.717, 1.165) is 0 Å². The molecule has 1 aromatic heterocycles. The van der Waals surface area contributed by atoms with Crippen molar-refractivity contribution in [3.63, 3.8) is 0 Å². The molecular formula is C12H14N6O3. The van der Waals surface area contributed by atoms with Gasteiger partial charge in [-0.25, -0.2) is 4.98 Å². The van der Waals surface area contributed by atoms with Crippen molar-refractivity contribution in [1.29, 1.82) is 0 Å².